The summed E-state index contributed by atoms with van der Waals surface area (Å²) in [5.41, 5.74) is -1.10. The highest BCUT2D eigenvalue weighted by molar-refractivity contribution is 6.31. The van der Waals surface area contributed by atoms with Gasteiger partial charge in [0.25, 0.3) is 0 Å². The lowest BCUT2D eigenvalue weighted by Crippen LogP contribution is -2.24. The van der Waals surface area contributed by atoms with E-state index in [1.807, 2.05) is 0 Å². The number of nitrogens with one attached hydrogen (secondary N) is 1. The normalized spacial score (nSPS) is 10.3. The van der Waals surface area contributed by atoms with Crippen LogP contribution in [0.1, 0.15) is 10.5 Å². The van der Waals surface area contributed by atoms with Crippen molar-refractivity contribution in [1.29, 1.82) is 0 Å². The average Bonchev–Trinajstić information content (AvgIpc) is 2.20. The minimum Gasteiger partial charge on any atom is -0.502 e. The molecule has 0 aromatic carbocycles. The molecule has 15 heavy (non-hydrogen) atoms. The van der Waals surface area contributed by atoms with Crippen molar-refractivity contribution in [3.05, 3.63) is 27.1 Å². The summed E-state index contributed by atoms with van der Waals surface area (Å²) in [6.45, 7) is -0.0545. The maximum absolute atomic E-state index is 11.4. The zero-order valence-corrected chi connectivity index (χ0v) is 8.58. The summed E-state index contributed by atoms with van der Waals surface area (Å²) in [4.78, 5) is 22.4. The van der Waals surface area contributed by atoms with Gasteiger partial charge in [0.05, 0.1) is 6.54 Å². The zero-order chi connectivity index (χ0) is 11.6. The first-order chi connectivity index (χ1) is 6.99. The van der Waals surface area contributed by atoms with E-state index in [0.29, 0.717) is 0 Å². The molecule has 0 fully saturated rings. The minimum absolute atomic E-state index is 0.0545. The smallest absolute Gasteiger partial charge is 0.225 e. The van der Waals surface area contributed by atoms with Crippen molar-refractivity contribution >= 4 is 17.4 Å². The summed E-state index contributed by atoms with van der Waals surface area (Å²) in [6, 6.07) is 0.820. The second-order valence-electron chi connectivity index (χ2n) is 2.80. The Balaban J connectivity index is 3.32. The quantitative estimate of drug-likeness (QED) is 0.383. The Hall–Kier alpha value is -1.53. The van der Waals surface area contributed by atoms with Crippen LogP contribution in [0.3, 0.4) is 0 Å². The van der Waals surface area contributed by atoms with E-state index in [1.165, 1.54) is 0 Å². The van der Waals surface area contributed by atoms with Gasteiger partial charge in [-0.3, -0.25) is 9.59 Å². The molecule has 0 aliphatic carbocycles. The SMILES string of the molecule is CNCC(=O)c1cc(=O)c(O)c(Cl)n1O. The second kappa shape index (κ2) is 4.33. The molecule has 0 atom stereocenters. The number of rotatable bonds is 3. The van der Waals surface area contributed by atoms with Gasteiger partial charge in [-0.1, -0.05) is 11.6 Å². The van der Waals surface area contributed by atoms with Crippen molar-refractivity contribution in [1.82, 2.24) is 10.0 Å². The maximum Gasteiger partial charge on any atom is 0.225 e. The highest BCUT2D eigenvalue weighted by Crippen LogP contribution is 2.18. The Bertz CT molecular complexity index is 455. The van der Waals surface area contributed by atoms with E-state index in [1.54, 1.807) is 7.05 Å². The van der Waals surface area contributed by atoms with Gasteiger partial charge in [0.2, 0.25) is 11.2 Å². The molecule has 0 unspecified atom stereocenters. The van der Waals surface area contributed by atoms with Gasteiger partial charge in [-0.15, -0.1) is 0 Å². The number of likely N-dealkylation sites (N-methyl/N-ethyl adjacent to an activating group) is 1. The fourth-order valence-electron chi connectivity index (χ4n) is 1.01. The van der Waals surface area contributed by atoms with Crippen LogP contribution in [0.25, 0.3) is 0 Å². The first-order valence-corrected chi connectivity index (χ1v) is 4.38. The highest BCUT2D eigenvalue weighted by Gasteiger charge is 2.17. The molecule has 0 saturated carbocycles. The van der Waals surface area contributed by atoms with Gasteiger partial charge < -0.3 is 15.6 Å². The standard InChI is InChI=1S/C8H9ClN2O4/c1-10-3-6(13)4-2-5(12)7(14)8(9)11(4)15/h2,10,14-15H,3H2,1H3. The van der Waals surface area contributed by atoms with E-state index in [4.69, 9.17) is 16.7 Å². The Labute approximate surface area is 89.7 Å². The fourth-order valence-corrected chi connectivity index (χ4v) is 1.20. The Morgan fingerprint density at radius 3 is 2.80 bits per heavy atom. The maximum atomic E-state index is 11.4. The molecule has 7 heteroatoms. The van der Waals surface area contributed by atoms with Crippen molar-refractivity contribution in [2.75, 3.05) is 13.6 Å². The molecule has 0 bridgehead atoms. The van der Waals surface area contributed by atoms with Gasteiger partial charge in [0.1, 0.15) is 5.69 Å². The van der Waals surface area contributed by atoms with Gasteiger partial charge >= 0.3 is 0 Å². The first kappa shape index (κ1) is 11.5. The zero-order valence-electron chi connectivity index (χ0n) is 7.82. The van der Waals surface area contributed by atoms with E-state index in [2.05, 4.69) is 5.32 Å². The molecule has 0 saturated heterocycles. The number of hydrogen-bond donors (Lipinski definition) is 3. The molecular formula is C8H9ClN2O4. The van der Waals surface area contributed by atoms with Crippen molar-refractivity contribution in [3.8, 4) is 5.75 Å². The van der Waals surface area contributed by atoms with Crippen molar-refractivity contribution in [2.45, 2.75) is 0 Å². The molecule has 82 valence electrons. The number of aromatic hydroxyl groups is 1. The van der Waals surface area contributed by atoms with Gasteiger partial charge in [-0.25, -0.2) is 0 Å². The minimum atomic E-state index is -0.815. The summed E-state index contributed by atoms with van der Waals surface area (Å²) in [5.74, 6) is -1.31. The topological polar surface area (TPSA) is 91.6 Å². The van der Waals surface area contributed by atoms with E-state index < -0.39 is 22.1 Å². The van der Waals surface area contributed by atoms with Gasteiger partial charge in [0, 0.05) is 6.07 Å². The van der Waals surface area contributed by atoms with Crippen LogP contribution in [0.2, 0.25) is 5.15 Å². The molecule has 1 heterocycles. The van der Waals surface area contributed by atoms with Gasteiger partial charge in [0.15, 0.2) is 10.9 Å². The third kappa shape index (κ3) is 2.11. The third-order valence-corrected chi connectivity index (χ3v) is 2.07. The lowest BCUT2D eigenvalue weighted by atomic mass is 10.2. The van der Waals surface area contributed by atoms with Crippen molar-refractivity contribution in [2.24, 2.45) is 0 Å². The predicted molar refractivity (Wildman–Crippen MR) is 52.8 cm³/mol. The molecule has 1 rings (SSSR count). The molecule has 1 aromatic heterocycles. The van der Waals surface area contributed by atoms with Crippen LogP contribution >= 0.6 is 11.6 Å². The van der Waals surface area contributed by atoms with Crippen LogP contribution in [0.4, 0.5) is 0 Å². The summed E-state index contributed by atoms with van der Waals surface area (Å²) in [6.07, 6.45) is 0. The Kier molecular flexibility index (Phi) is 3.33. The highest BCUT2D eigenvalue weighted by atomic mass is 35.5. The predicted octanol–water partition coefficient (Wildman–Crippen LogP) is -0.153. The molecule has 3 N–H and O–H groups in total. The van der Waals surface area contributed by atoms with Crippen LogP contribution < -0.4 is 10.7 Å². The van der Waals surface area contributed by atoms with E-state index >= 15 is 0 Å². The molecule has 0 aliphatic rings. The Morgan fingerprint density at radius 1 is 1.67 bits per heavy atom. The number of pyridine rings is 1. The summed E-state index contributed by atoms with van der Waals surface area (Å²) < 4.78 is 0.276. The summed E-state index contributed by atoms with van der Waals surface area (Å²) in [7, 11) is 1.54. The van der Waals surface area contributed by atoms with E-state index in [9.17, 15) is 14.8 Å². The molecule has 0 spiro atoms. The number of aromatic nitrogens is 1. The van der Waals surface area contributed by atoms with E-state index in [-0.39, 0.29) is 17.0 Å². The second-order valence-corrected chi connectivity index (χ2v) is 3.16. The average molecular weight is 233 g/mol. The summed E-state index contributed by atoms with van der Waals surface area (Å²) in [5, 5.41) is 20.4. The van der Waals surface area contributed by atoms with Crippen LogP contribution in [0.5, 0.6) is 5.75 Å². The van der Waals surface area contributed by atoms with Gasteiger partial charge in [-0.2, -0.15) is 4.73 Å². The molecule has 1 aromatic rings. The number of halogens is 1. The molecule has 0 radical (unpaired) electrons. The number of ketones is 1. The number of carbonyl (C=O) groups excluding carboxylic acids is 1. The lowest BCUT2D eigenvalue weighted by Gasteiger charge is -2.08. The number of hydrogen-bond acceptors (Lipinski definition) is 5. The van der Waals surface area contributed by atoms with E-state index in [0.717, 1.165) is 6.07 Å². The van der Waals surface area contributed by atoms with Crippen LogP contribution in [-0.4, -0.2) is 34.4 Å². The lowest BCUT2D eigenvalue weighted by molar-refractivity contribution is 0.0938. The molecule has 0 aliphatic heterocycles. The first-order valence-electron chi connectivity index (χ1n) is 4.00. The molecular weight excluding hydrogens is 224 g/mol. The van der Waals surface area contributed by atoms with Crippen molar-refractivity contribution in [3.63, 3.8) is 0 Å². The molecule has 6 nitrogen and oxygen atoms in total. The Morgan fingerprint density at radius 2 is 2.27 bits per heavy atom. The molecule has 0 amide bonds. The summed E-state index contributed by atoms with van der Waals surface area (Å²) >= 11 is 5.42. The number of carbonyl (C=O) groups is 1. The van der Waals surface area contributed by atoms with Gasteiger partial charge in [-0.05, 0) is 7.05 Å². The third-order valence-electron chi connectivity index (χ3n) is 1.73. The van der Waals surface area contributed by atoms with Crippen LogP contribution in [0, 0.1) is 0 Å². The monoisotopic (exact) mass is 232 g/mol. The van der Waals surface area contributed by atoms with Crippen LogP contribution in [0.15, 0.2) is 10.9 Å². The van der Waals surface area contributed by atoms with Crippen LogP contribution in [-0.2, 0) is 0 Å². The fraction of sp³-hybridized carbons (Fsp3) is 0.250. The largest absolute Gasteiger partial charge is 0.502 e. The number of Topliss-reactive ketones (excluding diaryl/α,β-unsaturated/α-hetero) is 1. The van der Waals surface area contributed by atoms with Crippen molar-refractivity contribution < 1.29 is 15.1 Å². The number of nitrogens with zero attached hydrogens (tertiary/aromatic N) is 1.